The van der Waals surface area contributed by atoms with E-state index in [4.69, 9.17) is 5.73 Å². The van der Waals surface area contributed by atoms with Gasteiger partial charge in [-0.2, -0.15) is 0 Å². The number of rotatable bonds is 4. The van der Waals surface area contributed by atoms with Gasteiger partial charge < -0.3 is 11.1 Å². The van der Waals surface area contributed by atoms with Gasteiger partial charge in [0.2, 0.25) is 5.91 Å². The Balaban J connectivity index is 2.05. The Morgan fingerprint density at radius 2 is 2.00 bits per heavy atom. The molecule has 3 heteroatoms. The molecule has 1 aliphatic rings. The number of primary amides is 1. The summed E-state index contributed by atoms with van der Waals surface area (Å²) < 4.78 is 0. The average Bonchev–Trinajstić information content (AvgIpc) is 2.08. The first-order valence-corrected chi connectivity index (χ1v) is 5.20. The highest BCUT2D eigenvalue weighted by molar-refractivity contribution is 5.73. The van der Waals surface area contributed by atoms with Crippen LogP contribution in [-0.4, -0.2) is 18.5 Å². The average molecular weight is 184 g/mol. The second kappa shape index (κ2) is 5.22. The van der Waals surface area contributed by atoms with Gasteiger partial charge in [0, 0.05) is 19.0 Å². The third kappa shape index (κ3) is 4.27. The Kier molecular flexibility index (Phi) is 4.22. The van der Waals surface area contributed by atoms with E-state index in [0.717, 1.165) is 12.5 Å². The zero-order valence-electron chi connectivity index (χ0n) is 8.38. The molecule has 0 aliphatic heterocycles. The number of nitrogens with two attached hydrogens (primary N) is 1. The first kappa shape index (κ1) is 10.5. The Bertz CT molecular complexity index is 162. The fourth-order valence-corrected chi connectivity index (χ4v) is 1.86. The summed E-state index contributed by atoms with van der Waals surface area (Å²) in [6, 6.07) is 0.621. The number of hydrogen-bond donors (Lipinski definition) is 2. The van der Waals surface area contributed by atoms with Gasteiger partial charge in [0.05, 0.1) is 0 Å². The monoisotopic (exact) mass is 184 g/mol. The number of amides is 1. The molecular weight excluding hydrogens is 164 g/mol. The number of hydrogen-bond acceptors (Lipinski definition) is 2. The molecule has 1 rings (SSSR count). The molecule has 0 saturated heterocycles. The quantitative estimate of drug-likeness (QED) is 0.685. The molecule has 0 aromatic rings. The lowest BCUT2D eigenvalue weighted by atomic mass is 9.87. The van der Waals surface area contributed by atoms with Gasteiger partial charge in [-0.1, -0.05) is 6.92 Å². The molecule has 76 valence electrons. The number of nitrogens with one attached hydrogen (secondary N) is 1. The third-order valence-corrected chi connectivity index (χ3v) is 2.82. The first-order valence-electron chi connectivity index (χ1n) is 5.20. The zero-order chi connectivity index (χ0) is 9.68. The lowest BCUT2D eigenvalue weighted by Crippen LogP contribution is -2.34. The molecule has 3 N–H and O–H groups in total. The maximum atomic E-state index is 10.5. The molecule has 13 heavy (non-hydrogen) atoms. The van der Waals surface area contributed by atoms with Crippen LogP contribution in [0.4, 0.5) is 0 Å². The van der Waals surface area contributed by atoms with Crippen molar-refractivity contribution < 1.29 is 4.79 Å². The summed E-state index contributed by atoms with van der Waals surface area (Å²) in [7, 11) is 0. The highest BCUT2D eigenvalue weighted by Crippen LogP contribution is 2.23. The zero-order valence-corrected chi connectivity index (χ0v) is 8.38. The van der Waals surface area contributed by atoms with Crippen molar-refractivity contribution in [1.82, 2.24) is 5.32 Å². The minimum Gasteiger partial charge on any atom is -0.370 e. The van der Waals surface area contributed by atoms with Gasteiger partial charge in [-0.05, 0) is 31.6 Å². The van der Waals surface area contributed by atoms with E-state index in [0.29, 0.717) is 12.5 Å². The third-order valence-electron chi connectivity index (χ3n) is 2.82. The molecule has 0 radical (unpaired) electrons. The van der Waals surface area contributed by atoms with E-state index < -0.39 is 0 Å². The van der Waals surface area contributed by atoms with Gasteiger partial charge in [0.15, 0.2) is 0 Å². The molecule has 0 unspecified atom stereocenters. The standard InChI is InChI=1S/C10H20N2O/c1-8-2-4-9(5-3-8)12-7-6-10(11)13/h8-9,12H,2-7H2,1H3,(H2,11,13). The summed E-state index contributed by atoms with van der Waals surface area (Å²) in [5.74, 6) is 0.672. The van der Waals surface area contributed by atoms with Crippen LogP contribution < -0.4 is 11.1 Å². The van der Waals surface area contributed by atoms with Crippen LogP contribution in [0.5, 0.6) is 0 Å². The maximum absolute atomic E-state index is 10.5. The molecule has 0 aromatic heterocycles. The van der Waals surface area contributed by atoms with Gasteiger partial charge in [-0.15, -0.1) is 0 Å². The molecule has 1 fully saturated rings. The second-order valence-electron chi connectivity index (χ2n) is 4.13. The normalized spacial score (nSPS) is 28.7. The van der Waals surface area contributed by atoms with Gasteiger partial charge in [0.25, 0.3) is 0 Å². The van der Waals surface area contributed by atoms with Gasteiger partial charge in [0.1, 0.15) is 0 Å². The van der Waals surface area contributed by atoms with Crippen LogP contribution in [0.25, 0.3) is 0 Å². The minimum absolute atomic E-state index is 0.211. The molecule has 3 nitrogen and oxygen atoms in total. The Morgan fingerprint density at radius 3 is 2.54 bits per heavy atom. The van der Waals surface area contributed by atoms with Crippen molar-refractivity contribution in [2.75, 3.05) is 6.54 Å². The predicted octanol–water partition coefficient (Wildman–Crippen LogP) is 1.03. The van der Waals surface area contributed by atoms with Crippen LogP contribution in [-0.2, 0) is 4.79 Å². The van der Waals surface area contributed by atoms with Crippen molar-refractivity contribution in [2.24, 2.45) is 11.7 Å². The minimum atomic E-state index is -0.211. The van der Waals surface area contributed by atoms with E-state index in [1.807, 2.05) is 0 Å². The SMILES string of the molecule is CC1CCC(NCCC(N)=O)CC1. The summed E-state index contributed by atoms with van der Waals surface area (Å²) in [6.45, 7) is 3.05. The second-order valence-corrected chi connectivity index (χ2v) is 4.13. The van der Waals surface area contributed by atoms with Gasteiger partial charge >= 0.3 is 0 Å². The van der Waals surface area contributed by atoms with E-state index in [2.05, 4.69) is 12.2 Å². The predicted molar refractivity (Wildman–Crippen MR) is 53.2 cm³/mol. The van der Waals surface area contributed by atoms with E-state index in [1.54, 1.807) is 0 Å². The molecular formula is C10H20N2O. The molecule has 1 saturated carbocycles. The van der Waals surface area contributed by atoms with Gasteiger partial charge in [-0.25, -0.2) is 0 Å². The summed E-state index contributed by atoms with van der Waals surface area (Å²) in [6.07, 6.45) is 5.59. The summed E-state index contributed by atoms with van der Waals surface area (Å²) in [5.41, 5.74) is 5.05. The van der Waals surface area contributed by atoms with E-state index >= 15 is 0 Å². The maximum Gasteiger partial charge on any atom is 0.218 e. The van der Waals surface area contributed by atoms with Crippen molar-refractivity contribution >= 4 is 5.91 Å². The summed E-state index contributed by atoms with van der Waals surface area (Å²) in [4.78, 5) is 10.5. The lowest BCUT2D eigenvalue weighted by molar-refractivity contribution is -0.117. The molecule has 0 aromatic carbocycles. The van der Waals surface area contributed by atoms with Crippen LogP contribution in [0.3, 0.4) is 0 Å². The van der Waals surface area contributed by atoms with E-state index in [1.165, 1.54) is 25.7 Å². The topological polar surface area (TPSA) is 55.1 Å². The fraction of sp³-hybridized carbons (Fsp3) is 0.900. The smallest absolute Gasteiger partial charge is 0.218 e. The highest BCUT2D eigenvalue weighted by Gasteiger charge is 2.17. The van der Waals surface area contributed by atoms with Crippen molar-refractivity contribution in [3.63, 3.8) is 0 Å². The molecule has 1 amide bonds. The van der Waals surface area contributed by atoms with Crippen LogP contribution >= 0.6 is 0 Å². The van der Waals surface area contributed by atoms with Gasteiger partial charge in [-0.3, -0.25) is 4.79 Å². The first-order chi connectivity index (χ1) is 6.18. The van der Waals surface area contributed by atoms with Crippen molar-refractivity contribution in [3.8, 4) is 0 Å². The Labute approximate surface area is 80.1 Å². The van der Waals surface area contributed by atoms with E-state index in [9.17, 15) is 4.79 Å². The highest BCUT2D eigenvalue weighted by atomic mass is 16.1. The van der Waals surface area contributed by atoms with Crippen molar-refractivity contribution in [3.05, 3.63) is 0 Å². The lowest BCUT2D eigenvalue weighted by Gasteiger charge is -2.26. The number of carbonyl (C=O) groups excluding carboxylic acids is 1. The van der Waals surface area contributed by atoms with Crippen LogP contribution in [0.15, 0.2) is 0 Å². The van der Waals surface area contributed by atoms with Crippen LogP contribution in [0.1, 0.15) is 39.0 Å². The number of carbonyl (C=O) groups is 1. The molecule has 0 bridgehead atoms. The molecule has 0 atom stereocenters. The van der Waals surface area contributed by atoms with Crippen molar-refractivity contribution in [1.29, 1.82) is 0 Å². The fourth-order valence-electron chi connectivity index (χ4n) is 1.86. The van der Waals surface area contributed by atoms with E-state index in [-0.39, 0.29) is 5.91 Å². The van der Waals surface area contributed by atoms with Crippen LogP contribution in [0, 0.1) is 5.92 Å². The molecule has 0 heterocycles. The Morgan fingerprint density at radius 1 is 1.38 bits per heavy atom. The molecule has 1 aliphatic carbocycles. The summed E-state index contributed by atoms with van der Waals surface area (Å²) in [5, 5.41) is 3.37. The van der Waals surface area contributed by atoms with Crippen LogP contribution in [0.2, 0.25) is 0 Å². The van der Waals surface area contributed by atoms with Crippen molar-refractivity contribution in [2.45, 2.75) is 45.1 Å². The summed E-state index contributed by atoms with van der Waals surface area (Å²) >= 11 is 0. The Hall–Kier alpha value is -0.570. The molecule has 0 spiro atoms. The largest absolute Gasteiger partial charge is 0.370 e.